The van der Waals surface area contributed by atoms with Gasteiger partial charge in [0.25, 0.3) is 0 Å². The number of carbonyl (C=O) groups is 3. The maximum absolute atomic E-state index is 12.1. The van der Waals surface area contributed by atoms with E-state index in [-0.39, 0.29) is 11.8 Å². The first-order chi connectivity index (χ1) is 10.5. The lowest BCUT2D eigenvalue weighted by Gasteiger charge is -2.34. The number of anilines is 2. The summed E-state index contributed by atoms with van der Waals surface area (Å²) in [7, 11) is 3.51. The molecule has 0 radical (unpaired) electrons. The van der Waals surface area contributed by atoms with Crippen molar-refractivity contribution in [3.63, 3.8) is 0 Å². The molecule has 0 aromatic heterocycles. The van der Waals surface area contributed by atoms with Crippen molar-refractivity contribution in [2.24, 2.45) is 0 Å². The Bertz CT molecular complexity index is 600. The number of amides is 3. The third kappa shape index (κ3) is 2.95. The standard InChI is InChI=1S/C16H21N3O3/c1-4-11-6-5-7-12(15(11)18(2)10-20)19(3)13-8-9-14(21)17-16(13)22/h5-7,10,13H,4,8-9H2,1-3H3,(H,17,21,22). The molecular weight excluding hydrogens is 282 g/mol. The molecule has 22 heavy (non-hydrogen) atoms. The van der Waals surface area contributed by atoms with E-state index in [1.54, 1.807) is 7.05 Å². The molecule has 1 saturated heterocycles. The molecule has 0 bridgehead atoms. The fourth-order valence-corrected chi connectivity index (χ4v) is 2.83. The molecule has 1 fully saturated rings. The van der Waals surface area contributed by atoms with Crippen molar-refractivity contribution in [2.75, 3.05) is 23.9 Å². The predicted octanol–water partition coefficient (Wildman–Crippen LogP) is 1.08. The van der Waals surface area contributed by atoms with Gasteiger partial charge in [-0.05, 0) is 24.5 Å². The maximum atomic E-state index is 12.1. The molecule has 0 spiro atoms. The fourth-order valence-electron chi connectivity index (χ4n) is 2.83. The summed E-state index contributed by atoms with van der Waals surface area (Å²) in [5, 5.41) is 2.37. The molecule has 6 heteroatoms. The monoisotopic (exact) mass is 303 g/mol. The van der Waals surface area contributed by atoms with Crippen molar-refractivity contribution in [3.8, 4) is 0 Å². The molecule has 1 N–H and O–H groups in total. The zero-order valence-corrected chi connectivity index (χ0v) is 13.1. The highest BCUT2D eigenvalue weighted by Gasteiger charge is 2.31. The van der Waals surface area contributed by atoms with E-state index in [2.05, 4.69) is 5.32 Å². The van der Waals surface area contributed by atoms with Crippen molar-refractivity contribution in [1.82, 2.24) is 5.32 Å². The molecule has 118 valence electrons. The van der Waals surface area contributed by atoms with Gasteiger partial charge in [0.05, 0.1) is 11.4 Å². The smallest absolute Gasteiger partial charge is 0.249 e. The summed E-state index contributed by atoms with van der Waals surface area (Å²) in [5.41, 5.74) is 2.64. The van der Waals surface area contributed by atoms with Crippen LogP contribution in [0.1, 0.15) is 25.3 Å². The third-order valence-electron chi connectivity index (χ3n) is 4.05. The van der Waals surface area contributed by atoms with Crippen molar-refractivity contribution in [1.29, 1.82) is 0 Å². The van der Waals surface area contributed by atoms with Crippen LogP contribution in [0.15, 0.2) is 18.2 Å². The number of rotatable bonds is 5. The first-order valence-electron chi connectivity index (χ1n) is 7.36. The molecule has 1 atom stereocenters. The van der Waals surface area contributed by atoms with Crippen LogP contribution in [0, 0.1) is 0 Å². The van der Waals surface area contributed by atoms with Crippen molar-refractivity contribution in [2.45, 2.75) is 32.2 Å². The normalized spacial score (nSPS) is 17.9. The van der Waals surface area contributed by atoms with Gasteiger partial charge in [0.15, 0.2) is 0 Å². The molecule has 3 amide bonds. The Balaban J connectivity index is 2.41. The zero-order valence-electron chi connectivity index (χ0n) is 13.1. The highest BCUT2D eigenvalue weighted by atomic mass is 16.2. The van der Waals surface area contributed by atoms with Crippen LogP contribution in [0.3, 0.4) is 0 Å². The minimum Gasteiger partial charge on any atom is -0.361 e. The van der Waals surface area contributed by atoms with Crippen LogP contribution in [-0.4, -0.2) is 38.4 Å². The second-order valence-corrected chi connectivity index (χ2v) is 5.43. The Morgan fingerprint density at radius 3 is 2.64 bits per heavy atom. The van der Waals surface area contributed by atoms with Crippen LogP contribution in [0.25, 0.3) is 0 Å². The molecule has 2 rings (SSSR count). The summed E-state index contributed by atoms with van der Waals surface area (Å²) in [6, 6.07) is 5.36. The van der Waals surface area contributed by atoms with Gasteiger partial charge in [0.2, 0.25) is 18.2 Å². The minimum absolute atomic E-state index is 0.234. The average molecular weight is 303 g/mol. The molecule has 1 aromatic carbocycles. The SMILES string of the molecule is CCc1cccc(N(C)C2CCC(=O)NC2=O)c1N(C)C=O. The number of nitrogens with zero attached hydrogens (tertiary/aromatic N) is 2. The first kappa shape index (κ1) is 16.0. The number of carbonyl (C=O) groups excluding carboxylic acids is 3. The summed E-state index contributed by atoms with van der Waals surface area (Å²) in [4.78, 5) is 37.9. The third-order valence-corrected chi connectivity index (χ3v) is 4.05. The Morgan fingerprint density at radius 2 is 2.05 bits per heavy atom. The van der Waals surface area contributed by atoms with Gasteiger partial charge in [-0.2, -0.15) is 0 Å². The van der Waals surface area contributed by atoms with E-state index in [0.717, 1.165) is 29.8 Å². The van der Waals surface area contributed by atoms with E-state index < -0.39 is 6.04 Å². The van der Waals surface area contributed by atoms with E-state index >= 15 is 0 Å². The van der Waals surface area contributed by atoms with Gasteiger partial charge in [-0.15, -0.1) is 0 Å². The number of para-hydroxylation sites is 1. The van der Waals surface area contributed by atoms with Gasteiger partial charge in [-0.3, -0.25) is 19.7 Å². The quantitative estimate of drug-likeness (QED) is 0.653. The molecule has 0 aliphatic carbocycles. The van der Waals surface area contributed by atoms with E-state index in [1.165, 1.54) is 4.90 Å². The average Bonchev–Trinajstić information content (AvgIpc) is 2.52. The maximum Gasteiger partial charge on any atom is 0.249 e. The predicted molar refractivity (Wildman–Crippen MR) is 84.9 cm³/mol. The van der Waals surface area contributed by atoms with E-state index in [1.807, 2.05) is 37.1 Å². The summed E-state index contributed by atoms with van der Waals surface area (Å²) in [6.07, 6.45) is 2.34. The van der Waals surface area contributed by atoms with Crippen LogP contribution < -0.4 is 15.1 Å². The van der Waals surface area contributed by atoms with Gasteiger partial charge in [-0.25, -0.2) is 0 Å². The van der Waals surface area contributed by atoms with Crippen LogP contribution in [0.2, 0.25) is 0 Å². The van der Waals surface area contributed by atoms with Crippen LogP contribution in [-0.2, 0) is 20.8 Å². The molecule has 1 aliphatic rings. The Kier molecular flexibility index (Phi) is 4.80. The zero-order chi connectivity index (χ0) is 16.3. The lowest BCUT2D eigenvalue weighted by Crippen LogP contribution is -2.51. The Morgan fingerprint density at radius 1 is 1.32 bits per heavy atom. The van der Waals surface area contributed by atoms with E-state index in [9.17, 15) is 14.4 Å². The van der Waals surface area contributed by atoms with Crippen molar-refractivity contribution in [3.05, 3.63) is 23.8 Å². The van der Waals surface area contributed by atoms with Gasteiger partial charge in [-0.1, -0.05) is 19.1 Å². The fraction of sp³-hybridized carbons (Fsp3) is 0.438. The van der Waals surface area contributed by atoms with Crippen molar-refractivity contribution < 1.29 is 14.4 Å². The topological polar surface area (TPSA) is 69.7 Å². The van der Waals surface area contributed by atoms with Crippen LogP contribution >= 0.6 is 0 Å². The molecule has 1 aromatic rings. The largest absolute Gasteiger partial charge is 0.361 e. The number of imide groups is 1. The number of benzene rings is 1. The molecular formula is C16H21N3O3. The highest BCUT2D eigenvalue weighted by Crippen LogP contribution is 2.33. The van der Waals surface area contributed by atoms with Gasteiger partial charge >= 0.3 is 0 Å². The second-order valence-electron chi connectivity index (χ2n) is 5.43. The minimum atomic E-state index is -0.413. The van der Waals surface area contributed by atoms with Gasteiger partial charge < -0.3 is 9.80 Å². The molecule has 1 aliphatic heterocycles. The second kappa shape index (κ2) is 6.60. The molecule has 6 nitrogen and oxygen atoms in total. The number of hydrogen-bond acceptors (Lipinski definition) is 4. The summed E-state index contributed by atoms with van der Waals surface area (Å²) in [5.74, 6) is -0.525. The highest BCUT2D eigenvalue weighted by molar-refractivity contribution is 6.02. The Labute approximate surface area is 130 Å². The van der Waals surface area contributed by atoms with Gasteiger partial charge in [0.1, 0.15) is 6.04 Å². The molecule has 1 heterocycles. The van der Waals surface area contributed by atoms with Crippen LogP contribution in [0.5, 0.6) is 0 Å². The van der Waals surface area contributed by atoms with E-state index in [4.69, 9.17) is 0 Å². The lowest BCUT2D eigenvalue weighted by atomic mass is 10.0. The lowest BCUT2D eigenvalue weighted by molar-refractivity contribution is -0.134. The molecule has 1 unspecified atom stereocenters. The van der Waals surface area contributed by atoms with Gasteiger partial charge in [0, 0.05) is 20.5 Å². The van der Waals surface area contributed by atoms with E-state index in [0.29, 0.717) is 12.8 Å². The molecule has 0 saturated carbocycles. The van der Waals surface area contributed by atoms with Crippen LogP contribution in [0.4, 0.5) is 11.4 Å². The van der Waals surface area contributed by atoms with Crippen molar-refractivity contribution >= 4 is 29.6 Å². The number of aryl methyl sites for hydroxylation is 1. The summed E-state index contributed by atoms with van der Waals surface area (Å²) >= 11 is 0. The summed E-state index contributed by atoms with van der Waals surface area (Å²) < 4.78 is 0. The number of hydrogen-bond donors (Lipinski definition) is 1. The number of piperidine rings is 1. The number of likely N-dealkylation sites (N-methyl/N-ethyl adjacent to an activating group) is 1. The summed E-state index contributed by atoms with van der Waals surface area (Å²) in [6.45, 7) is 2.02. The first-order valence-corrected chi connectivity index (χ1v) is 7.36. The number of nitrogens with one attached hydrogen (secondary N) is 1. The Hall–Kier alpha value is -2.37.